The number of nitriles is 1. The molecule has 232 valence electrons. The highest BCUT2D eigenvalue weighted by atomic mass is 79.9. The average Bonchev–Trinajstić information content (AvgIpc) is 3.43. The Morgan fingerprint density at radius 1 is 1.22 bits per heavy atom. The highest BCUT2D eigenvalue weighted by Crippen LogP contribution is 2.42. The van der Waals surface area contributed by atoms with Crippen molar-refractivity contribution < 1.29 is 19.0 Å². The number of hydrogen-bond donors (Lipinski definition) is 1. The fraction of sp³-hybridized carbons (Fsp3) is 0.344. The Balaban J connectivity index is 1.47. The predicted molar refractivity (Wildman–Crippen MR) is 174 cm³/mol. The molecule has 1 N–H and O–H groups in total. The minimum Gasteiger partial charge on any atom is -0.508 e. The number of aromatic nitrogens is 3. The van der Waals surface area contributed by atoms with Gasteiger partial charge in [-0.15, -0.1) is 0 Å². The van der Waals surface area contributed by atoms with E-state index in [9.17, 15) is 19.6 Å². The van der Waals surface area contributed by atoms with E-state index in [-0.39, 0.29) is 37.3 Å². The Labute approximate surface area is 272 Å². The number of likely N-dealkylation sites (N-methyl/N-ethyl adjacent to an activating group) is 1. The zero-order chi connectivity index (χ0) is 31.8. The molecule has 4 aromatic rings. The van der Waals surface area contributed by atoms with Crippen molar-refractivity contribution in [3.05, 3.63) is 58.4 Å². The van der Waals surface area contributed by atoms with Crippen LogP contribution in [0.2, 0.25) is 5.02 Å². The molecule has 0 spiro atoms. The number of rotatable bonds is 7. The topological polar surface area (TPSA) is 119 Å². The maximum atomic E-state index is 13.8. The second-order valence-electron chi connectivity index (χ2n) is 11.3. The number of carbonyl (C=O) groups is 1. The Bertz CT molecular complexity index is 1870. The largest absolute Gasteiger partial charge is 0.508 e. The second-order valence-corrected chi connectivity index (χ2v) is 12.5. The third-order valence-electron chi connectivity index (χ3n) is 8.49. The van der Waals surface area contributed by atoms with Gasteiger partial charge in [0.05, 0.1) is 23.0 Å². The average molecular weight is 695 g/mol. The Morgan fingerprint density at radius 3 is 2.78 bits per heavy atom. The molecule has 2 fully saturated rings. The van der Waals surface area contributed by atoms with Crippen molar-refractivity contribution in [1.29, 1.82) is 5.26 Å². The van der Waals surface area contributed by atoms with Gasteiger partial charge in [-0.3, -0.25) is 4.79 Å². The zero-order valence-corrected chi connectivity index (χ0v) is 26.9. The van der Waals surface area contributed by atoms with Crippen LogP contribution in [-0.2, 0) is 4.79 Å². The molecule has 2 aliphatic heterocycles. The molecule has 13 heteroatoms. The number of pyridine rings is 1. The maximum Gasteiger partial charge on any atom is 0.319 e. The molecule has 2 aliphatic rings. The lowest BCUT2D eigenvalue weighted by Gasteiger charge is -2.41. The number of carbonyl (C=O) groups excluding carboxylic acids is 1. The predicted octanol–water partition coefficient (Wildman–Crippen LogP) is 5.85. The van der Waals surface area contributed by atoms with E-state index in [4.69, 9.17) is 31.3 Å². The number of amides is 1. The number of nitrogens with zero attached hydrogens (tertiary/aromatic N) is 7. The molecular formula is C32H30BrClFN7O3. The highest BCUT2D eigenvalue weighted by molar-refractivity contribution is 9.10. The number of benzene rings is 2. The van der Waals surface area contributed by atoms with E-state index in [2.05, 4.69) is 40.5 Å². The first-order valence-corrected chi connectivity index (χ1v) is 15.7. The van der Waals surface area contributed by atoms with Crippen molar-refractivity contribution in [3.8, 4) is 29.0 Å². The number of likely N-dealkylation sites (tertiary alicyclic amines) is 1. The van der Waals surface area contributed by atoms with Gasteiger partial charge in [0, 0.05) is 47.8 Å². The molecule has 0 bridgehead atoms. The van der Waals surface area contributed by atoms with Crippen molar-refractivity contribution in [1.82, 2.24) is 24.8 Å². The summed E-state index contributed by atoms with van der Waals surface area (Å²) in [7, 11) is 2.06. The van der Waals surface area contributed by atoms with Gasteiger partial charge in [-0.2, -0.15) is 15.2 Å². The summed E-state index contributed by atoms with van der Waals surface area (Å²) in [6.45, 7) is 5.24. The number of ether oxygens (including phenoxy) is 1. The summed E-state index contributed by atoms with van der Waals surface area (Å²) >= 11 is 10.4. The standard InChI is InChI=1S/C32H30BrClFN7O3/c1-18(35)31(44)42-12-11-41(16-20(42)8-9-36)30-29-28(38-32(39-30)45-17-21-6-4-10-40(21)2)27(33)24(15-37-29)23-14-22(43)13-19-5-3-7-25(34)26(19)23/h3,5,7,13-15,20-21,43H,1,4,6,8,10-12,16-17H2,2H3/t20-,21?/m0/s1. The first-order chi connectivity index (χ1) is 21.7. The second kappa shape index (κ2) is 12.7. The SMILES string of the molecule is C=C(F)C(=O)N1CCN(c2nc(OCC3CCCN3C)nc3c(Br)c(-c4cc(O)cc5cccc(Cl)c45)cnc23)C[C@@H]1CC#N. The van der Waals surface area contributed by atoms with Crippen LogP contribution in [0, 0.1) is 11.3 Å². The van der Waals surface area contributed by atoms with Crippen LogP contribution in [0.25, 0.3) is 32.9 Å². The van der Waals surface area contributed by atoms with Crippen LogP contribution in [0.5, 0.6) is 11.8 Å². The molecule has 6 rings (SSSR count). The first-order valence-electron chi connectivity index (χ1n) is 14.5. The van der Waals surface area contributed by atoms with Crippen LogP contribution in [0.15, 0.2) is 53.4 Å². The van der Waals surface area contributed by atoms with Gasteiger partial charge >= 0.3 is 6.01 Å². The normalized spacial score (nSPS) is 18.8. The van der Waals surface area contributed by atoms with E-state index >= 15 is 0 Å². The number of phenols is 1. The van der Waals surface area contributed by atoms with Gasteiger partial charge in [0.1, 0.15) is 23.4 Å². The molecule has 0 saturated carbocycles. The van der Waals surface area contributed by atoms with Crippen molar-refractivity contribution >= 4 is 61.1 Å². The molecule has 2 atom stereocenters. The van der Waals surface area contributed by atoms with Crippen molar-refractivity contribution in [2.75, 3.05) is 44.7 Å². The van der Waals surface area contributed by atoms with Gasteiger partial charge in [0.2, 0.25) is 0 Å². The zero-order valence-electron chi connectivity index (χ0n) is 24.5. The van der Waals surface area contributed by atoms with Crippen LogP contribution >= 0.6 is 27.5 Å². The van der Waals surface area contributed by atoms with Gasteiger partial charge in [-0.1, -0.05) is 30.3 Å². The smallest absolute Gasteiger partial charge is 0.319 e. The van der Waals surface area contributed by atoms with Gasteiger partial charge in [-0.25, -0.2) is 9.37 Å². The van der Waals surface area contributed by atoms with E-state index in [1.54, 1.807) is 24.4 Å². The Morgan fingerprint density at radius 2 is 2.04 bits per heavy atom. The molecule has 0 radical (unpaired) electrons. The fourth-order valence-corrected chi connectivity index (χ4v) is 7.05. The number of hydrogen-bond acceptors (Lipinski definition) is 9. The first kappa shape index (κ1) is 31.0. The molecule has 2 aromatic heterocycles. The molecule has 1 amide bonds. The van der Waals surface area contributed by atoms with Crippen molar-refractivity contribution in [3.63, 3.8) is 0 Å². The summed E-state index contributed by atoms with van der Waals surface area (Å²) in [5.74, 6) is -1.35. The number of halogens is 3. The lowest BCUT2D eigenvalue weighted by Crippen LogP contribution is -2.55. The van der Waals surface area contributed by atoms with E-state index < -0.39 is 17.8 Å². The molecule has 45 heavy (non-hydrogen) atoms. The van der Waals surface area contributed by atoms with Crippen LogP contribution in [0.1, 0.15) is 19.3 Å². The molecule has 2 saturated heterocycles. The number of anilines is 1. The number of fused-ring (bicyclic) bond motifs is 2. The third kappa shape index (κ3) is 6.00. The molecule has 4 heterocycles. The molecule has 2 aromatic carbocycles. The van der Waals surface area contributed by atoms with Gasteiger partial charge in [0.15, 0.2) is 11.6 Å². The van der Waals surface area contributed by atoms with Crippen LogP contribution in [0.3, 0.4) is 0 Å². The summed E-state index contributed by atoms with van der Waals surface area (Å²) in [6, 6.07) is 10.7. The summed E-state index contributed by atoms with van der Waals surface area (Å²) in [4.78, 5) is 32.4. The highest BCUT2D eigenvalue weighted by Gasteiger charge is 2.34. The summed E-state index contributed by atoms with van der Waals surface area (Å²) in [6.07, 6.45) is 3.76. The van der Waals surface area contributed by atoms with Crippen molar-refractivity contribution in [2.45, 2.75) is 31.3 Å². The number of phenolic OH excluding ortho intramolecular Hbond substituents is 1. The third-order valence-corrected chi connectivity index (χ3v) is 9.61. The molecule has 0 aliphatic carbocycles. The van der Waals surface area contributed by atoms with Crippen LogP contribution < -0.4 is 9.64 Å². The van der Waals surface area contributed by atoms with E-state index in [1.165, 1.54) is 4.90 Å². The lowest BCUT2D eigenvalue weighted by atomic mass is 9.98. The van der Waals surface area contributed by atoms with Crippen molar-refractivity contribution in [2.24, 2.45) is 0 Å². The summed E-state index contributed by atoms with van der Waals surface area (Å²) in [5, 5.41) is 22.1. The fourth-order valence-electron chi connectivity index (χ4n) is 6.17. The quantitative estimate of drug-likeness (QED) is 0.238. The van der Waals surface area contributed by atoms with E-state index in [0.29, 0.717) is 50.6 Å². The minimum absolute atomic E-state index is 0.00249. The summed E-state index contributed by atoms with van der Waals surface area (Å²) < 4.78 is 20.6. The Kier molecular flexibility index (Phi) is 8.77. The molecular weight excluding hydrogens is 665 g/mol. The maximum absolute atomic E-state index is 13.8. The monoisotopic (exact) mass is 693 g/mol. The minimum atomic E-state index is -1.07. The number of piperazine rings is 1. The van der Waals surface area contributed by atoms with Gasteiger partial charge in [-0.05, 0) is 71.5 Å². The summed E-state index contributed by atoms with van der Waals surface area (Å²) in [5.41, 5.74) is 2.27. The van der Waals surface area contributed by atoms with Gasteiger partial charge < -0.3 is 24.5 Å². The lowest BCUT2D eigenvalue weighted by molar-refractivity contribution is -0.131. The van der Waals surface area contributed by atoms with Gasteiger partial charge in [0.25, 0.3) is 5.91 Å². The molecule has 10 nitrogen and oxygen atoms in total. The van der Waals surface area contributed by atoms with Crippen LogP contribution in [0.4, 0.5) is 10.2 Å². The molecule has 1 unspecified atom stereocenters. The van der Waals surface area contributed by atoms with E-state index in [1.807, 2.05) is 17.0 Å². The Hall–Kier alpha value is -4.05. The van der Waals surface area contributed by atoms with E-state index in [0.717, 1.165) is 30.2 Å². The van der Waals surface area contributed by atoms with Crippen LogP contribution in [-0.4, -0.2) is 87.7 Å². The number of aromatic hydroxyl groups is 1.